The minimum atomic E-state index is -3.78. The fraction of sp³-hybridized carbons (Fsp3) is 0.263. The van der Waals surface area contributed by atoms with Gasteiger partial charge in [0, 0.05) is 12.1 Å². The molecule has 2 aromatic carbocycles. The first kappa shape index (κ1) is 22.8. The highest BCUT2D eigenvalue weighted by atomic mass is 32.2. The normalized spacial score (nSPS) is 11.6. The number of rotatable bonds is 9. The van der Waals surface area contributed by atoms with Gasteiger partial charge in [-0.1, -0.05) is 12.1 Å². The molecule has 0 atom stereocenters. The maximum absolute atomic E-state index is 12.4. The van der Waals surface area contributed by atoms with Crippen molar-refractivity contribution in [3.8, 4) is 5.75 Å². The maximum atomic E-state index is 12.4. The molecule has 0 aliphatic heterocycles. The van der Waals surface area contributed by atoms with E-state index in [0.717, 1.165) is 10.6 Å². The van der Waals surface area contributed by atoms with E-state index in [4.69, 9.17) is 4.74 Å². The largest absolute Gasteiger partial charge is 0.492 e. The van der Waals surface area contributed by atoms with Gasteiger partial charge in [0.05, 0.1) is 29.2 Å². The Hall–Kier alpha value is -3.47. The molecule has 2 aromatic rings. The molecule has 0 heterocycles. The number of carbonyl (C=O) groups is 1. The third-order valence-corrected chi connectivity index (χ3v) is 5.09. The Morgan fingerprint density at radius 3 is 2.40 bits per heavy atom. The molecule has 0 saturated carbocycles. The van der Waals surface area contributed by atoms with Gasteiger partial charge in [-0.05, 0) is 43.7 Å². The van der Waals surface area contributed by atoms with Crippen molar-refractivity contribution >= 4 is 33.0 Å². The van der Waals surface area contributed by atoms with Crippen LogP contribution in [-0.2, 0) is 14.8 Å². The number of anilines is 1. The molecule has 0 unspecified atom stereocenters. The van der Waals surface area contributed by atoms with Gasteiger partial charge in [0.2, 0.25) is 10.0 Å². The van der Waals surface area contributed by atoms with Crippen LogP contribution in [0.25, 0.3) is 0 Å². The van der Waals surface area contributed by atoms with E-state index in [9.17, 15) is 23.3 Å². The molecule has 0 aliphatic carbocycles. The van der Waals surface area contributed by atoms with E-state index >= 15 is 0 Å². The van der Waals surface area contributed by atoms with Crippen LogP contribution in [0.3, 0.4) is 0 Å². The Balaban J connectivity index is 2.17. The highest BCUT2D eigenvalue weighted by Gasteiger charge is 2.23. The van der Waals surface area contributed by atoms with E-state index in [1.807, 2.05) is 0 Å². The number of benzene rings is 2. The molecule has 0 saturated heterocycles. The highest BCUT2D eigenvalue weighted by Crippen LogP contribution is 2.29. The first-order valence-electron chi connectivity index (χ1n) is 8.91. The number of nitrogens with zero attached hydrogens (tertiary/aromatic N) is 3. The van der Waals surface area contributed by atoms with Crippen LogP contribution in [0.15, 0.2) is 53.6 Å². The fourth-order valence-electron chi connectivity index (χ4n) is 2.52. The Morgan fingerprint density at radius 1 is 1.20 bits per heavy atom. The SMILES string of the molecule is CCOc1ccccc1N(CC(=O)N/N=C(/C)c1ccc([N+](=O)[O-])cc1)S(C)(=O)=O. The summed E-state index contributed by atoms with van der Waals surface area (Å²) in [6.45, 7) is 3.21. The molecule has 0 aliphatic rings. The third kappa shape index (κ3) is 6.01. The van der Waals surface area contributed by atoms with E-state index in [0.29, 0.717) is 23.6 Å². The molecule has 30 heavy (non-hydrogen) atoms. The number of ether oxygens (including phenoxy) is 1. The van der Waals surface area contributed by atoms with Gasteiger partial charge in [0.25, 0.3) is 11.6 Å². The molecular weight excluding hydrogens is 412 g/mol. The van der Waals surface area contributed by atoms with Crippen molar-refractivity contribution in [3.05, 3.63) is 64.2 Å². The quantitative estimate of drug-likeness (QED) is 0.366. The van der Waals surface area contributed by atoms with Gasteiger partial charge in [-0.3, -0.25) is 19.2 Å². The molecule has 11 heteroatoms. The second-order valence-corrected chi connectivity index (χ2v) is 8.11. The molecule has 0 aromatic heterocycles. The highest BCUT2D eigenvalue weighted by molar-refractivity contribution is 7.92. The molecule has 2 rings (SSSR count). The van der Waals surface area contributed by atoms with E-state index in [1.54, 1.807) is 38.1 Å². The topological polar surface area (TPSA) is 131 Å². The Labute approximate surface area is 174 Å². The van der Waals surface area contributed by atoms with Crippen molar-refractivity contribution in [1.29, 1.82) is 0 Å². The van der Waals surface area contributed by atoms with Crippen molar-refractivity contribution in [1.82, 2.24) is 5.43 Å². The van der Waals surface area contributed by atoms with Gasteiger partial charge in [0.15, 0.2) is 0 Å². The zero-order valence-electron chi connectivity index (χ0n) is 16.7. The Morgan fingerprint density at radius 2 is 1.83 bits per heavy atom. The van der Waals surface area contributed by atoms with Gasteiger partial charge in [0.1, 0.15) is 12.3 Å². The second-order valence-electron chi connectivity index (χ2n) is 6.21. The van der Waals surface area contributed by atoms with Crippen molar-refractivity contribution in [2.45, 2.75) is 13.8 Å². The molecular formula is C19H22N4O6S. The van der Waals surface area contributed by atoms with E-state index in [2.05, 4.69) is 10.5 Å². The number of non-ortho nitro benzene ring substituents is 1. The first-order valence-corrected chi connectivity index (χ1v) is 10.8. The van der Waals surface area contributed by atoms with Gasteiger partial charge in [-0.15, -0.1) is 0 Å². The molecule has 10 nitrogen and oxygen atoms in total. The fourth-order valence-corrected chi connectivity index (χ4v) is 3.38. The van der Waals surface area contributed by atoms with Crippen LogP contribution in [0.4, 0.5) is 11.4 Å². The molecule has 0 spiro atoms. The predicted octanol–water partition coefficient (Wildman–Crippen LogP) is 2.30. The average molecular weight is 434 g/mol. The number of sulfonamides is 1. The van der Waals surface area contributed by atoms with E-state index < -0.39 is 27.4 Å². The predicted molar refractivity (Wildman–Crippen MR) is 113 cm³/mol. The minimum absolute atomic E-state index is 0.0626. The van der Waals surface area contributed by atoms with Gasteiger partial charge in [-0.25, -0.2) is 13.8 Å². The number of hydrogen-bond acceptors (Lipinski definition) is 7. The van der Waals surface area contributed by atoms with Crippen molar-refractivity contribution in [2.75, 3.05) is 23.7 Å². The summed E-state index contributed by atoms with van der Waals surface area (Å²) in [6, 6.07) is 12.2. The minimum Gasteiger partial charge on any atom is -0.492 e. The Kier molecular flexibility index (Phi) is 7.48. The van der Waals surface area contributed by atoms with Crippen LogP contribution in [0, 0.1) is 10.1 Å². The molecule has 0 bridgehead atoms. The Bertz CT molecular complexity index is 1050. The summed E-state index contributed by atoms with van der Waals surface area (Å²) in [7, 11) is -3.78. The number of para-hydroxylation sites is 2. The van der Waals surface area contributed by atoms with Crippen LogP contribution in [0.1, 0.15) is 19.4 Å². The van der Waals surface area contributed by atoms with Crippen LogP contribution < -0.4 is 14.5 Å². The van der Waals surface area contributed by atoms with Crippen molar-refractivity contribution < 1.29 is 22.9 Å². The molecule has 0 fully saturated rings. The monoisotopic (exact) mass is 434 g/mol. The van der Waals surface area contributed by atoms with Gasteiger partial charge >= 0.3 is 0 Å². The number of nitrogens with one attached hydrogen (secondary N) is 1. The summed E-state index contributed by atoms with van der Waals surface area (Å²) in [6.07, 6.45) is 0.994. The number of hydrogen-bond donors (Lipinski definition) is 1. The summed E-state index contributed by atoms with van der Waals surface area (Å²) in [4.78, 5) is 22.6. The number of amides is 1. The number of carbonyl (C=O) groups excluding carboxylic acids is 1. The lowest BCUT2D eigenvalue weighted by Gasteiger charge is -2.23. The van der Waals surface area contributed by atoms with Gasteiger partial charge in [-0.2, -0.15) is 5.10 Å². The molecule has 0 radical (unpaired) electrons. The summed E-state index contributed by atoms with van der Waals surface area (Å²) < 4.78 is 30.9. The van der Waals surface area contributed by atoms with Crippen LogP contribution in [-0.4, -0.2) is 44.4 Å². The van der Waals surface area contributed by atoms with Crippen LogP contribution in [0.2, 0.25) is 0 Å². The van der Waals surface area contributed by atoms with Crippen molar-refractivity contribution in [3.63, 3.8) is 0 Å². The molecule has 160 valence electrons. The van der Waals surface area contributed by atoms with E-state index in [1.165, 1.54) is 24.3 Å². The molecule has 1 N–H and O–H groups in total. The summed E-state index contributed by atoms with van der Waals surface area (Å²) >= 11 is 0. The van der Waals surface area contributed by atoms with E-state index in [-0.39, 0.29) is 11.4 Å². The standard InChI is InChI=1S/C19H22N4O6S/c1-4-29-18-8-6-5-7-17(18)22(30(3,27)28)13-19(24)21-20-14(2)15-9-11-16(12-10-15)23(25)26/h5-12H,4,13H2,1-3H3,(H,21,24)/b20-14-. The second kappa shape index (κ2) is 9.83. The maximum Gasteiger partial charge on any atom is 0.269 e. The summed E-state index contributed by atoms with van der Waals surface area (Å²) in [5, 5.41) is 14.7. The third-order valence-electron chi connectivity index (χ3n) is 3.97. The first-order chi connectivity index (χ1) is 14.1. The van der Waals surface area contributed by atoms with Gasteiger partial charge < -0.3 is 4.74 Å². The van der Waals surface area contributed by atoms with Crippen LogP contribution in [0.5, 0.6) is 5.75 Å². The van der Waals surface area contributed by atoms with Crippen LogP contribution >= 0.6 is 0 Å². The number of nitro benzene ring substituents is 1. The smallest absolute Gasteiger partial charge is 0.269 e. The average Bonchev–Trinajstić information content (AvgIpc) is 2.70. The zero-order chi connectivity index (χ0) is 22.3. The zero-order valence-corrected chi connectivity index (χ0v) is 17.5. The summed E-state index contributed by atoms with van der Waals surface area (Å²) in [5.74, 6) is -0.322. The summed E-state index contributed by atoms with van der Waals surface area (Å²) in [5.41, 5.74) is 3.46. The number of hydrazone groups is 1. The van der Waals surface area contributed by atoms with Crippen molar-refractivity contribution in [2.24, 2.45) is 5.10 Å². The lowest BCUT2D eigenvalue weighted by atomic mass is 10.1. The lowest BCUT2D eigenvalue weighted by molar-refractivity contribution is -0.384. The lowest BCUT2D eigenvalue weighted by Crippen LogP contribution is -2.39. The number of nitro groups is 1. The molecule has 1 amide bonds.